The van der Waals surface area contributed by atoms with Crippen molar-refractivity contribution in [1.82, 2.24) is 20.2 Å². The van der Waals surface area contributed by atoms with E-state index in [0.29, 0.717) is 41.9 Å². The average Bonchev–Trinajstić information content (AvgIpc) is 3.31. The lowest BCUT2D eigenvalue weighted by Gasteiger charge is -2.56. The average molecular weight is 431 g/mol. The summed E-state index contributed by atoms with van der Waals surface area (Å²) >= 11 is 0. The van der Waals surface area contributed by atoms with E-state index < -0.39 is 5.97 Å². The maximum absolute atomic E-state index is 11.2. The zero-order valence-electron chi connectivity index (χ0n) is 19.2. The molecule has 1 aliphatic heterocycles. The zero-order valence-corrected chi connectivity index (χ0v) is 19.2. The number of carboxylic acid groups (broad SMARTS) is 1. The molecule has 7 heteroatoms. The van der Waals surface area contributed by atoms with E-state index in [4.69, 9.17) is 0 Å². The van der Waals surface area contributed by atoms with Crippen molar-refractivity contribution in [2.24, 2.45) is 40.9 Å². The zero-order chi connectivity index (χ0) is 22.0. The van der Waals surface area contributed by atoms with Crippen LogP contribution in [-0.4, -0.2) is 42.5 Å². The molecule has 3 saturated carbocycles. The van der Waals surface area contributed by atoms with Crippen LogP contribution in [0.2, 0.25) is 0 Å². The lowest BCUT2D eigenvalue weighted by Crippen LogP contribution is -2.52. The van der Waals surface area contributed by atoms with Gasteiger partial charge in [-0.2, -0.15) is 0 Å². The molecule has 3 aliphatic carbocycles. The third-order valence-corrected chi connectivity index (χ3v) is 10.4. The molecule has 0 spiro atoms. The van der Waals surface area contributed by atoms with E-state index in [1.807, 2.05) is 0 Å². The predicted octanol–water partition coefficient (Wildman–Crippen LogP) is 3.67. The molecule has 4 aliphatic rings. The van der Waals surface area contributed by atoms with Crippen LogP contribution in [0.5, 0.6) is 0 Å². The summed E-state index contributed by atoms with van der Waals surface area (Å²) in [6, 6.07) is 0. The lowest BCUT2D eigenvalue weighted by atomic mass is 9.49. The molecule has 0 bridgehead atoms. The first-order chi connectivity index (χ1) is 14.7. The highest BCUT2D eigenvalue weighted by Gasteiger charge is 2.61. The normalized spacial score (nSPS) is 45.0. The Morgan fingerprint density at radius 1 is 1.19 bits per heavy atom. The van der Waals surface area contributed by atoms with Crippen molar-refractivity contribution in [3.05, 3.63) is 5.82 Å². The van der Waals surface area contributed by atoms with E-state index >= 15 is 0 Å². The van der Waals surface area contributed by atoms with Crippen molar-refractivity contribution in [2.75, 3.05) is 0 Å². The lowest BCUT2D eigenvalue weighted by molar-refractivity contribution is -0.137. The second-order valence-electron chi connectivity index (χ2n) is 11.6. The van der Waals surface area contributed by atoms with E-state index in [1.165, 1.54) is 19.3 Å². The number of nitrogens with zero attached hydrogens (tertiary/aromatic N) is 4. The van der Waals surface area contributed by atoms with Crippen molar-refractivity contribution in [1.29, 1.82) is 0 Å². The van der Waals surface area contributed by atoms with Gasteiger partial charge in [-0.25, -0.2) is 4.68 Å². The Balaban J connectivity index is 1.52. The number of carbonyl (C=O) groups is 1. The van der Waals surface area contributed by atoms with Gasteiger partial charge in [0.05, 0.1) is 11.6 Å². The number of hydrogen-bond acceptors (Lipinski definition) is 5. The van der Waals surface area contributed by atoms with Gasteiger partial charge in [0, 0.05) is 12.8 Å². The molecule has 2 heterocycles. The first-order valence-electron chi connectivity index (χ1n) is 12.4. The number of aliphatic carboxylic acids is 1. The van der Waals surface area contributed by atoms with Gasteiger partial charge in [0.2, 0.25) is 0 Å². The van der Waals surface area contributed by atoms with Gasteiger partial charge in [0.15, 0.2) is 5.82 Å². The van der Waals surface area contributed by atoms with Crippen molar-refractivity contribution in [3.8, 4) is 0 Å². The van der Waals surface area contributed by atoms with Gasteiger partial charge in [0.25, 0.3) is 0 Å². The summed E-state index contributed by atoms with van der Waals surface area (Å²) in [7, 11) is 0. The summed E-state index contributed by atoms with van der Waals surface area (Å²) in [6.07, 6.45) is 9.46. The second-order valence-corrected chi connectivity index (χ2v) is 11.6. The van der Waals surface area contributed by atoms with Crippen molar-refractivity contribution in [3.63, 3.8) is 0 Å². The van der Waals surface area contributed by atoms with E-state index in [0.717, 1.165) is 37.9 Å². The minimum Gasteiger partial charge on any atom is -0.481 e. The highest BCUT2D eigenvalue weighted by atomic mass is 16.4. The fourth-order valence-electron chi connectivity index (χ4n) is 8.78. The molecule has 9 atom stereocenters. The summed E-state index contributed by atoms with van der Waals surface area (Å²) < 4.78 is 2.17. The number of rotatable bonds is 4. The third kappa shape index (κ3) is 3.17. The fourth-order valence-corrected chi connectivity index (χ4v) is 8.78. The molecule has 1 aromatic rings. The SMILES string of the molecule is C[C@H](CCC(=O)O)[C@H]1CC[C@H]2[C@@H]3CC[C@@H]4C[C@H](O)CC[C@]4(C)[C@H]3Cc3nnnn3[C@]12C. The van der Waals surface area contributed by atoms with Gasteiger partial charge < -0.3 is 10.2 Å². The number of aliphatic hydroxyl groups is 1. The van der Waals surface area contributed by atoms with Gasteiger partial charge in [-0.1, -0.05) is 13.8 Å². The van der Waals surface area contributed by atoms with E-state index in [2.05, 4.69) is 41.0 Å². The van der Waals surface area contributed by atoms with Crippen LogP contribution in [0.3, 0.4) is 0 Å². The predicted molar refractivity (Wildman–Crippen MR) is 115 cm³/mol. The van der Waals surface area contributed by atoms with Crippen LogP contribution in [0.1, 0.15) is 84.4 Å². The van der Waals surface area contributed by atoms with Gasteiger partial charge in [0.1, 0.15) is 0 Å². The molecule has 7 nitrogen and oxygen atoms in total. The Morgan fingerprint density at radius 2 is 2.00 bits per heavy atom. The van der Waals surface area contributed by atoms with Crippen LogP contribution in [0.25, 0.3) is 0 Å². The fraction of sp³-hybridized carbons (Fsp3) is 0.917. The minimum atomic E-state index is -0.707. The summed E-state index contributed by atoms with van der Waals surface area (Å²) in [5, 5.41) is 32.8. The number of carboxylic acids is 1. The van der Waals surface area contributed by atoms with Gasteiger partial charge >= 0.3 is 5.97 Å². The van der Waals surface area contributed by atoms with E-state index in [1.54, 1.807) is 0 Å². The molecule has 0 unspecified atom stereocenters. The first kappa shape index (κ1) is 21.4. The number of hydrogen-bond donors (Lipinski definition) is 2. The van der Waals surface area contributed by atoms with Gasteiger partial charge in [-0.05, 0) is 110 Å². The van der Waals surface area contributed by atoms with E-state index in [9.17, 15) is 15.0 Å². The molecule has 2 N–H and O–H groups in total. The Morgan fingerprint density at radius 3 is 2.77 bits per heavy atom. The molecule has 3 fully saturated rings. The van der Waals surface area contributed by atoms with Crippen LogP contribution in [0.15, 0.2) is 0 Å². The Labute approximate surface area is 185 Å². The number of aromatic nitrogens is 4. The van der Waals surface area contributed by atoms with E-state index in [-0.39, 0.29) is 23.5 Å². The molecule has 31 heavy (non-hydrogen) atoms. The molecule has 0 aromatic carbocycles. The monoisotopic (exact) mass is 430 g/mol. The van der Waals surface area contributed by atoms with Crippen LogP contribution in [-0.2, 0) is 16.8 Å². The molecular formula is C24H38N4O3. The molecule has 1 aromatic heterocycles. The Bertz CT molecular complexity index is 843. The summed E-state index contributed by atoms with van der Waals surface area (Å²) in [6.45, 7) is 7.08. The minimum absolute atomic E-state index is 0.137. The Kier molecular flexibility index (Phi) is 5.19. The van der Waals surface area contributed by atoms with Gasteiger partial charge in [-0.15, -0.1) is 5.10 Å². The first-order valence-corrected chi connectivity index (χ1v) is 12.4. The number of aliphatic hydroxyl groups excluding tert-OH is 1. The second kappa shape index (κ2) is 7.53. The quantitative estimate of drug-likeness (QED) is 0.756. The third-order valence-electron chi connectivity index (χ3n) is 10.4. The van der Waals surface area contributed by atoms with Crippen LogP contribution in [0.4, 0.5) is 0 Å². The molecule has 0 amide bonds. The molecular weight excluding hydrogens is 392 g/mol. The van der Waals surface area contributed by atoms with Crippen LogP contribution < -0.4 is 0 Å². The van der Waals surface area contributed by atoms with Crippen molar-refractivity contribution >= 4 is 5.97 Å². The molecule has 0 saturated heterocycles. The smallest absolute Gasteiger partial charge is 0.303 e. The molecule has 5 rings (SSSR count). The van der Waals surface area contributed by atoms with Crippen molar-refractivity contribution in [2.45, 2.75) is 96.6 Å². The van der Waals surface area contributed by atoms with Crippen LogP contribution in [0, 0.1) is 40.9 Å². The maximum atomic E-state index is 11.2. The largest absolute Gasteiger partial charge is 0.481 e. The summed E-state index contributed by atoms with van der Waals surface area (Å²) in [5.74, 6) is 3.37. The highest BCUT2D eigenvalue weighted by Crippen LogP contribution is 2.64. The topological polar surface area (TPSA) is 101 Å². The number of fused-ring (bicyclic) bond motifs is 7. The molecule has 0 radical (unpaired) electrons. The summed E-state index contributed by atoms with van der Waals surface area (Å²) in [4.78, 5) is 11.2. The maximum Gasteiger partial charge on any atom is 0.303 e. The standard InChI is InChI=1S/C24H38N4O3/c1-14(4-9-22(30)31)18-7-8-19-17-6-5-15-12-16(29)10-11-23(15,2)20(17)13-21-25-26-27-28(21)24(18,19)3/h14-20,29H,4-13H2,1-3H3,(H,30,31)/t14-,15-,16-,17+,18-,19+,20+,23+,24-/m1/s1. The highest BCUT2D eigenvalue weighted by molar-refractivity contribution is 5.66. The van der Waals surface area contributed by atoms with Crippen LogP contribution >= 0.6 is 0 Å². The summed E-state index contributed by atoms with van der Waals surface area (Å²) in [5.41, 5.74) is 0.102. The van der Waals surface area contributed by atoms with Crippen molar-refractivity contribution < 1.29 is 15.0 Å². The van der Waals surface area contributed by atoms with Gasteiger partial charge in [-0.3, -0.25) is 4.79 Å². The molecule has 172 valence electrons. The Hall–Kier alpha value is -1.50. The number of tetrazole rings is 1.